The molecule has 0 spiro atoms. The average Bonchev–Trinajstić information content (AvgIpc) is 2.74. The molecular weight excluding hydrogens is 348 g/mol. The van der Waals surface area contributed by atoms with Crippen LogP contribution in [0.5, 0.6) is 0 Å². The molecule has 28 heavy (non-hydrogen) atoms. The Morgan fingerprint density at radius 3 is 2.21 bits per heavy atom. The second-order valence-electron chi connectivity index (χ2n) is 7.56. The summed E-state index contributed by atoms with van der Waals surface area (Å²) in [5.74, 6) is 0.337. The lowest BCUT2D eigenvalue weighted by molar-refractivity contribution is 0.0577. The van der Waals surface area contributed by atoms with Gasteiger partial charge in [-0.05, 0) is 30.2 Å². The molecule has 0 aliphatic carbocycles. The molecule has 1 aliphatic heterocycles. The molecule has 0 bridgehead atoms. The molecule has 1 aliphatic rings. The number of hydrogen-bond donors (Lipinski definition) is 0. The van der Waals surface area contributed by atoms with E-state index in [4.69, 9.17) is 0 Å². The molecule has 1 unspecified atom stereocenters. The molecular formula is C23H28N4O. The van der Waals surface area contributed by atoms with Gasteiger partial charge in [-0.2, -0.15) is 5.26 Å². The number of nitriles is 1. The lowest BCUT2D eigenvalue weighted by Gasteiger charge is -2.38. The molecule has 1 fully saturated rings. The smallest absolute Gasteiger partial charge is 0.256 e. The number of anilines is 2. The van der Waals surface area contributed by atoms with Crippen molar-refractivity contribution in [1.82, 2.24) is 9.80 Å². The maximum Gasteiger partial charge on any atom is 0.256 e. The van der Waals surface area contributed by atoms with Crippen molar-refractivity contribution in [1.29, 1.82) is 5.26 Å². The van der Waals surface area contributed by atoms with E-state index in [2.05, 4.69) is 24.8 Å². The zero-order valence-electron chi connectivity index (χ0n) is 16.9. The van der Waals surface area contributed by atoms with E-state index in [0.717, 1.165) is 24.5 Å². The fourth-order valence-electron chi connectivity index (χ4n) is 3.76. The molecule has 1 saturated heterocycles. The highest BCUT2D eigenvalue weighted by atomic mass is 16.2. The summed E-state index contributed by atoms with van der Waals surface area (Å²) in [5.41, 5.74) is 2.66. The first kappa shape index (κ1) is 19.9. The maximum atomic E-state index is 13.3. The molecule has 1 amide bonds. The molecule has 1 atom stereocenters. The number of nitrogens with zero attached hydrogens (tertiary/aromatic N) is 4. The van der Waals surface area contributed by atoms with Crippen LogP contribution in [-0.2, 0) is 0 Å². The predicted octanol–water partition coefficient (Wildman–Crippen LogP) is 3.76. The van der Waals surface area contributed by atoms with E-state index in [1.54, 1.807) is 0 Å². The van der Waals surface area contributed by atoms with E-state index in [1.165, 1.54) is 0 Å². The number of carbonyl (C=O) groups is 1. The Morgan fingerprint density at radius 2 is 1.61 bits per heavy atom. The standard InChI is InChI=1S/C23H28N4O/c1-18(2)22(17-24)26-13-15-27(16-14-26)23(28)20-11-7-8-12-21(20)25(3)19-9-5-4-6-10-19/h4-12,18,22H,13-16H2,1-3H3. The van der Waals surface area contributed by atoms with Gasteiger partial charge >= 0.3 is 0 Å². The summed E-state index contributed by atoms with van der Waals surface area (Å²) < 4.78 is 0. The highest BCUT2D eigenvalue weighted by molar-refractivity contribution is 6.00. The van der Waals surface area contributed by atoms with E-state index in [1.807, 2.05) is 71.4 Å². The van der Waals surface area contributed by atoms with Crippen molar-refractivity contribution in [2.75, 3.05) is 38.1 Å². The number of amides is 1. The normalized spacial score (nSPS) is 15.9. The molecule has 146 valence electrons. The average molecular weight is 377 g/mol. The second kappa shape index (κ2) is 8.90. The molecule has 0 aromatic heterocycles. The number of benzene rings is 2. The Balaban J connectivity index is 1.75. The SMILES string of the molecule is CC(C)C(C#N)N1CCN(C(=O)c2ccccc2N(C)c2ccccc2)CC1. The van der Waals surface area contributed by atoms with Gasteiger partial charge in [-0.1, -0.05) is 44.2 Å². The van der Waals surface area contributed by atoms with Crippen LogP contribution in [0.3, 0.4) is 0 Å². The van der Waals surface area contributed by atoms with Crippen molar-refractivity contribution >= 4 is 17.3 Å². The van der Waals surface area contributed by atoms with Crippen molar-refractivity contribution in [3.8, 4) is 6.07 Å². The van der Waals surface area contributed by atoms with E-state index < -0.39 is 0 Å². The third kappa shape index (κ3) is 4.18. The van der Waals surface area contributed by atoms with Crippen LogP contribution >= 0.6 is 0 Å². The fourth-order valence-corrected chi connectivity index (χ4v) is 3.76. The van der Waals surface area contributed by atoms with Gasteiger partial charge in [-0.25, -0.2) is 0 Å². The molecule has 2 aromatic carbocycles. The van der Waals surface area contributed by atoms with Crippen LogP contribution in [0.25, 0.3) is 0 Å². The number of rotatable bonds is 5. The maximum absolute atomic E-state index is 13.3. The number of piperazine rings is 1. The molecule has 1 heterocycles. The molecule has 5 nitrogen and oxygen atoms in total. The van der Waals surface area contributed by atoms with E-state index >= 15 is 0 Å². The monoisotopic (exact) mass is 376 g/mol. The molecule has 0 radical (unpaired) electrons. The van der Waals surface area contributed by atoms with Crippen LogP contribution in [-0.4, -0.2) is 55.0 Å². The number of hydrogen-bond acceptors (Lipinski definition) is 4. The third-order valence-electron chi connectivity index (χ3n) is 5.40. The van der Waals surface area contributed by atoms with Crippen molar-refractivity contribution in [3.63, 3.8) is 0 Å². The van der Waals surface area contributed by atoms with Crippen LogP contribution < -0.4 is 4.90 Å². The van der Waals surface area contributed by atoms with Crippen molar-refractivity contribution in [2.24, 2.45) is 5.92 Å². The zero-order valence-corrected chi connectivity index (χ0v) is 16.9. The third-order valence-corrected chi connectivity index (χ3v) is 5.40. The van der Waals surface area contributed by atoms with Gasteiger partial charge in [0.15, 0.2) is 0 Å². The summed E-state index contributed by atoms with van der Waals surface area (Å²) in [7, 11) is 1.99. The van der Waals surface area contributed by atoms with Crippen LogP contribution in [0.4, 0.5) is 11.4 Å². The van der Waals surface area contributed by atoms with Crippen LogP contribution in [0.2, 0.25) is 0 Å². The molecule has 5 heteroatoms. The summed E-state index contributed by atoms with van der Waals surface area (Å²) >= 11 is 0. The van der Waals surface area contributed by atoms with Gasteiger partial charge in [0.05, 0.1) is 17.3 Å². The van der Waals surface area contributed by atoms with Crippen LogP contribution in [0.15, 0.2) is 54.6 Å². The largest absolute Gasteiger partial charge is 0.344 e. The van der Waals surface area contributed by atoms with Gasteiger partial charge in [-0.15, -0.1) is 0 Å². The Hall–Kier alpha value is -2.84. The Labute approximate surface area is 167 Å². The van der Waals surface area contributed by atoms with E-state index in [0.29, 0.717) is 18.7 Å². The van der Waals surface area contributed by atoms with E-state index in [-0.39, 0.29) is 17.9 Å². The van der Waals surface area contributed by atoms with Crippen molar-refractivity contribution in [3.05, 3.63) is 60.2 Å². The highest BCUT2D eigenvalue weighted by Gasteiger charge is 2.29. The van der Waals surface area contributed by atoms with E-state index in [9.17, 15) is 10.1 Å². The van der Waals surface area contributed by atoms with Gasteiger partial charge in [0, 0.05) is 38.9 Å². The van der Waals surface area contributed by atoms with Crippen LogP contribution in [0, 0.1) is 17.2 Å². The first-order valence-electron chi connectivity index (χ1n) is 9.83. The summed E-state index contributed by atoms with van der Waals surface area (Å²) in [4.78, 5) is 19.4. The fraction of sp³-hybridized carbons (Fsp3) is 0.391. The first-order valence-corrected chi connectivity index (χ1v) is 9.83. The minimum atomic E-state index is -0.0891. The predicted molar refractivity (Wildman–Crippen MR) is 113 cm³/mol. The minimum absolute atomic E-state index is 0.0519. The van der Waals surface area contributed by atoms with Gasteiger partial charge in [-0.3, -0.25) is 9.69 Å². The first-order chi connectivity index (χ1) is 13.5. The Morgan fingerprint density at radius 1 is 1.00 bits per heavy atom. The lowest BCUT2D eigenvalue weighted by Crippen LogP contribution is -2.52. The highest BCUT2D eigenvalue weighted by Crippen LogP contribution is 2.28. The topological polar surface area (TPSA) is 50.6 Å². The molecule has 0 N–H and O–H groups in total. The summed E-state index contributed by atoms with van der Waals surface area (Å²) in [5, 5.41) is 9.43. The van der Waals surface area contributed by atoms with Gasteiger partial charge in [0.25, 0.3) is 5.91 Å². The van der Waals surface area contributed by atoms with Crippen LogP contribution in [0.1, 0.15) is 24.2 Å². The number of carbonyl (C=O) groups excluding carboxylic acids is 1. The summed E-state index contributed by atoms with van der Waals surface area (Å²) in [6, 6.07) is 20.1. The van der Waals surface area contributed by atoms with Gasteiger partial charge in [0.1, 0.15) is 6.04 Å². The minimum Gasteiger partial charge on any atom is -0.344 e. The summed E-state index contributed by atoms with van der Waals surface area (Å²) in [6.07, 6.45) is 0. The quantitative estimate of drug-likeness (QED) is 0.797. The van der Waals surface area contributed by atoms with Gasteiger partial charge < -0.3 is 9.80 Å². The molecule has 2 aromatic rings. The van der Waals surface area contributed by atoms with Crippen molar-refractivity contribution in [2.45, 2.75) is 19.9 Å². The van der Waals surface area contributed by atoms with Crippen molar-refractivity contribution < 1.29 is 4.79 Å². The molecule has 0 saturated carbocycles. The second-order valence-corrected chi connectivity index (χ2v) is 7.56. The lowest BCUT2D eigenvalue weighted by atomic mass is 10.0. The Bertz CT molecular complexity index is 835. The summed E-state index contributed by atoms with van der Waals surface area (Å²) in [6.45, 7) is 6.90. The number of para-hydroxylation sites is 2. The Kier molecular flexibility index (Phi) is 6.33. The zero-order chi connectivity index (χ0) is 20.1. The molecule has 3 rings (SSSR count). The van der Waals surface area contributed by atoms with Gasteiger partial charge in [0.2, 0.25) is 0 Å².